The molecule has 0 amide bonds. The highest BCUT2D eigenvalue weighted by atomic mass is 16.1. The van der Waals surface area contributed by atoms with E-state index in [1.807, 2.05) is 0 Å². The minimum atomic E-state index is 0.226. The van der Waals surface area contributed by atoms with Gasteiger partial charge in [0, 0.05) is 31.1 Å². The maximum atomic E-state index is 12.1. The number of Topliss-reactive ketones (excluding diaryl/α,β-unsaturated/α-hetero) is 1. The highest BCUT2D eigenvalue weighted by molar-refractivity contribution is 5.82. The van der Waals surface area contributed by atoms with Crippen LogP contribution in [0.1, 0.15) is 38.7 Å². The van der Waals surface area contributed by atoms with Gasteiger partial charge in [0.05, 0.1) is 0 Å². The minimum absolute atomic E-state index is 0.226. The van der Waals surface area contributed by atoms with Gasteiger partial charge >= 0.3 is 0 Å². The molecule has 1 saturated carbocycles. The number of ketones is 1. The van der Waals surface area contributed by atoms with E-state index in [0.717, 1.165) is 32.4 Å². The molecular formula is C17H25NO. The molecule has 0 aromatic heterocycles. The molecule has 0 bridgehead atoms. The molecule has 2 nitrogen and oxygen atoms in total. The Kier molecular flexibility index (Phi) is 4.62. The largest absolute Gasteiger partial charge is 0.371 e. The maximum Gasteiger partial charge on any atom is 0.137 e. The smallest absolute Gasteiger partial charge is 0.137 e. The average Bonchev–Trinajstić information content (AvgIpc) is 2.39. The average molecular weight is 259 g/mol. The molecule has 19 heavy (non-hydrogen) atoms. The number of anilines is 1. The van der Waals surface area contributed by atoms with Crippen molar-refractivity contribution in [3.05, 3.63) is 29.8 Å². The summed E-state index contributed by atoms with van der Waals surface area (Å²) in [5.41, 5.74) is 2.52. The second kappa shape index (κ2) is 6.23. The molecule has 2 rings (SSSR count). The lowest BCUT2D eigenvalue weighted by atomic mass is 9.81. The van der Waals surface area contributed by atoms with Gasteiger partial charge in [-0.15, -0.1) is 0 Å². The van der Waals surface area contributed by atoms with Crippen molar-refractivity contribution in [2.24, 2.45) is 11.8 Å². The Bertz CT molecular complexity index is 441. The van der Waals surface area contributed by atoms with Crippen LogP contribution in [0.4, 0.5) is 5.69 Å². The fourth-order valence-corrected chi connectivity index (χ4v) is 3.01. The van der Waals surface area contributed by atoms with Crippen LogP contribution < -0.4 is 4.90 Å². The first-order valence-corrected chi connectivity index (χ1v) is 7.44. The summed E-state index contributed by atoms with van der Waals surface area (Å²) < 4.78 is 0. The number of rotatable bonds is 4. The summed E-state index contributed by atoms with van der Waals surface area (Å²) in [4.78, 5) is 14.4. The number of carbonyl (C=O) groups excluding carboxylic acids is 1. The van der Waals surface area contributed by atoms with Gasteiger partial charge < -0.3 is 4.90 Å². The van der Waals surface area contributed by atoms with Crippen LogP contribution in [0, 0.1) is 18.8 Å². The van der Waals surface area contributed by atoms with Gasteiger partial charge in [0.1, 0.15) is 5.78 Å². The Morgan fingerprint density at radius 3 is 2.84 bits per heavy atom. The Morgan fingerprint density at radius 1 is 1.37 bits per heavy atom. The van der Waals surface area contributed by atoms with Gasteiger partial charge in [0.25, 0.3) is 0 Å². The highest BCUT2D eigenvalue weighted by Crippen LogP contribution is 2.28. The topological polar surface area (TPSA) is 20.3 Å². The van der Waals surface area contributed by atoms with Gasteiger partial charge in [-0.05, 0) is 50.3 Å². The summed E-state index contributed by atoms with van der Waals surface area (Å²) in [5, 5.41) is 0. The standard InChI is InChI=1S/C17H25NO/c1-4-18(16-7-5-6-13(2)11-16)12-15-10-14(3)8-9-17(15)19/h5-7,11,14-15H,4,8-10,12H2,1-3H3. The molecule has 0 aliphatic heterocycles. The van der Waals surface area contributed by atoms with E-state index in [4.69, 9.17) is 0 Å². The van der Waals surface area contributed by atoms with Crippen LogP contribution in [0.2, 0.25) is 0 Å². The van der Waals surface area contributed by atoms with Crippen molar-refractivity contribution in [2.75, 3.05) is 18.0 Å². The van der Waals surface area contributed by atoms with Crippen LogP contribution in [-0.2, 0) is 4.79 Å². The molecule has 0 radical (unpaired) electrons. The van der Waals surface area contributed by atoms with Gasteiger partial charge in [-0.2, -0.15) is 0 Å². The first kappa shape index (κ1) is 14.1. The summed E-state index contributed by atoms with van der Waals surface area (Å²) in [6.07, 6.45) is 2.91. The number of benzene rings is 1. The lowest BCUT2D eigenvalue weighted by Gasteiger charge is -2.32. The Morgan fingerprint density at radius 2 is 2.16 bits per heavy atom. The molecule has 1 aliphatic carbocycles. The van der Waals surface area contributed by atoms with E-state index in [9.17, 15) is 4.79 Å². The SMILES string of the molecule is CCN(CC1CC(C)CCC1=O)c1cccc(C)c1. The molecule has 1 aliphatic rings. The quantitative estimate of drug-likeness (QED) is 0.819. The van der Waals surface area contributed by atoms with E-state index >= 15 is 0 Å². The number of nitrogens with zero attached hydrogens (tertiary/aromatic N) is 1. The van der Waals surface area contributed by atoms with Crippen LogP contribution in [0.3, 0.4) is 0 Å². The molecule has 0 heterocycles. The first-order chi connectivity index (χ1) is 9.10. The monoisotopic (exact) mass is 259 g/mol. The minimum Gasteiger partial charge on any atom is -0.371 e. The van der Waals surface area contributed by atoms with Gasteiger partial charge in [0.2, 0.25) is 0 Å². The molecular weight excluding hydrogens is 234 g/mol. The third-order valence-electron chi connectivity index (χ3n) is 4.22. The van der Waals surface area contributed by atoms with E-state index in [2.05, 4.69) is 49.9 Å². The maximum absolute atomic E-state index is 12.1. The van der Waals surface area contributed by atoms with Crippen molar-refractivity contribution >= 4 is 11.5 Å². The molecule has 1 fully saturated rings. The van der Waals surface area contributed by atoms with Crippen LogP contribution in [0.5, 0.6) is 0 Å². The van der Waals surface area contributed by atoms with Crippen molar-refractivity contribution < 1.29 is 4.79 Å². The predicted molar refractivity (Wildman–Crippen MR) is 80.6 cm³/mol. The molecule has 104 valence electrons. The fourth-order valence-electron chi connectivity index (χ4n) is 3.01. The molecule has 0 spiro atoms. The zero-order valence-electron chi connectivity index (χ0n) is 12.4. The van der Waals surface area contributed by atoms with Crippen LogP contribution in [-0.4, -0.2) is 18.9 Å². The molecule has 2 heteroatoms. The number of hydrogen-bond donors (Lipinski definition) is 0. The Hall–Kier alpha value is -1.31. The van der Waals surface area contributed by atoms with E-state index < -0.39 is 0 Å². The summed E-state index contributed by atoms with van der Waals surface area (Å²) in [6, 6.07) is 8.57. The Balaban J connectivity index is 2.08. The molecule has 2 unspecified atom stereocenters. The first-order valence-electron chi connectivity index (χ1n) is 7.44. The Labute approximate surface area is 116 Å². The highest BCUT2D eigenvalue weighted by Gasteiger charge is 2.27. The molecule has 2 atom stereocenters. The normalized spacial score (nSPS) is 23.4. The van der Waals surface area contributed by atoms with E-state index in [1.54, 1.807) is 0 Å². The van der Waals surface area contributed by atoms with Crippen molar-refractivity contribution in [3.63, 3.8) is 0 Å². The van der Waals surface area contributed by atoms with Crippen molar-refractivity contribution in [2.45, 2.75) is 40.0 Å². The molecule has 1 aromatic carbocycles. The zero-order chi connectivity index (χ0) is 13.8. The second-order valence-corrected chi connectivity index (χ2v) is 5.92. The predicted octanol–water partition coefficient (Wildman–Crippen LogP) is 3.83. The summed E-state index contributed by atoms with van der Waals surface area (Å²) in [5.74, 6) is 1.38. The van der Waals surface area contributed by atoms with Crippen LogP contribution in [0.25, 0.3) is 0 Å². The van der Waals surface area contributed by atoms with Crippen LogP contribution >= 0.6 is 0 Å². The fraction of sp³-hybridized carbons (Fsp3) is 0.588. The summed E-state index contributed by atoms with van der Waals surface area (Å²) >= 11 is 0. The van der Waals surface area contributed by atoms with Crippen LogP contribution in [0.15, 0.2) is 24.3 Å². The van der Waals surface area contributed by atoms with Crippen molar-refractivity contribution in [1.29, 1.82) is 0 Å². The van der Waals surface area contributed by atoms with Gasteiger partial charge in [-0.1, -0.05) is 19.1 Å². The van der Waals surface area contributed by atoms with E-state index in [1.165, 1.54) is 11.3 Å². The molecule has 0 saturated heterocycles. The number of carbonyl (C=O) groups is 1. The molecule has 0 N–H and O–H groups in total. The zero-order valence-corrected chi connectivity index (χ0v) is 12.4. The van der Waals surface area contributed by atoms with Gasteiger partial charge in [-0.3, -0.25) is 4.79 Å². The third kappa shape index (κ3) is 3.59. The van der Waals surface area contributed by atoms with Gasteiger partial charge in [0.15, 0.2) is 0 Å². The number of hydrogen-bond acceptors (Lipinski definition) is 2. The van der Waals surface area contributed by atoms with Crippen molar-refractivity contribution in [1.82, 2.24) is 0 Å². The van der Waals surface area contributed by atoms with Gasteiger partial charge in [-0.25, -0.2) is 0 Å². The summed E-state index contributed by atoms with van der Waals surface area (Å²) in [6.45, 7) is 8.39. The van der Waals surface area contributed by atoms with E-state index in [0.29, 0.717) is 11.7 Å². The van der Waals surface area contributed by atoms with E-state index in [-0.39, 0.29) is 5.92 Å². The lowest BCUT2D eigenvalue weighted by Crippen LogP contribution is -2.36. The molecule has 1 aromatic rings. The van der Waals surface area contributed by atoms with Crippen molar-refractivity contribution in [3.8, 4) is 0 Å². The summed E-state index contributed by atoms with van der Waals surface area (Å²) in [7, 11) is 0. The second-order valence-electron chi connectivity index (χ2n) is 5.92. The lowest BCUT2D eigenvalue weighted by molar-refractivity contribution is -0.125. The third-order valence-corrected chi connectivity index (χ3v) is 4.22. The number of aryl methyl sites for hydroxylation is 1.